The van der Waals surface area contributed by atoms with Crippen LogP contribution in [0.4, 0.5) is 0 Å². The molecule has 16 heavy (non-hydrogen) atoms. The highest BCUT2D eigenvalue weighted by Gasteiger charge is 2.10. The van der Waals surface area contributed by atoms with Crippen molar-refractivity contribution in [3.8, 4) is 5.75 Å². The molecule has 0 aliphatic carbocycles. The molecule has 1 aromatic rings. The van der Waals surface area contributed by atoms with Crippen molar-refractivity contribution in [1.29, 1.82) is 0 Å². The second-order valence-electron chi connectivity index (χ2n) is 4.20. The van der Waals surface area contributed by atoms with E-state index in [0.717, 1.165) is 16.9 Å². The number of hydrogen-bond acceptors (Lipinski definition) is 3. The molecule has 0 aromatic heterocycles. The van der Waals surface area contributed by atoms with Gasteiger partial charge in [-0.1, -0.05) is 24.6 Å². The van der Waals surface area contributed by atoms with Crippen molar-refractivity contribution in [3.05, 3.63) is 29.3 Å². The predicted molar refractivity (Wildman–Crippen MR) is 65.6 cm³/mol. The number of aliphatic hydroxyl groups is 1. The van der Waals surface area contributed by atoms with Crippen LogP contribution in [0.5, 0.6) is 5.75 Å². The quantitative estimate of drug-likeness (QED) is 0.804. The maximum absolute atomic E-state index is 9.45. The highest BCUT2D eigenvalue weighted by molar-refractivity contribution is 5.38. The molecule has 3 nitrogen and oxygen atoms in total. The highest BCUT2D eigenvalue weighted by atomic mass is 16.5. The van der Waals surface area contributed by atoms with Crippen LogP contribution in [0.15, 0.2) is 18.2 Å². The Morgan fingerprint density at radius 2 is 2.12 bits per heavy atom. The first-order chi connectivity index (χ1) is 7.54. The van der Waals surface area contributed by atoms with Crippen LogP contribution in [0, 0.1) is 6.92 Å². The van der Waals surface area contributed by atoms with E-state index in [2.05, 4.69) is 0 Å². The Kier molecular flexibility index (Phi) is 4.77. The lowest BCUT2D eigenvalue weighted by Crippen LogP contribution is -2.17. The van der Waals surface area contributed by atoms with Gasteiger partial charge in [0.2, 0.25) is 0 Å². The first-order valence-corrected chi connectivity index (χ1v) is 5.71. The SMILES string of the molecule is CCC(O)COc1ccc(C)cc1C(C)N. The van der Waals surface area contributed by atoms with Gasteiger partial charge in [0.25, 0.3) is 0 Å². The molecule has 0 amide bonds. The molecule has 3 N–H and O–H groups in total. The standard InChI is InChI=1S/C13H21NO2/c1-4-11(15)8-16-13-6-5-9(2)7-12(13)10(3)14/h5-7,10-11,15H,4,8,14H2,1-3H3. The third-order valence-electron chi connectivity index (χ3n) is 2.56. The summed E-state index contributed by atoms with van der Waals surface area (Å²) >= 11 is 0. The molecule has 0 heterocycles. The second kappa shape index (κ2) is 5.87. The highest BCUT2D eigenvalue weighted by Crippen LogP contribution is 2.25. The van der Waals surface area contributed by atoms with E-state index in [9.17, 15) is 5.11 Å². The van der Waals surface area contributed by atoms with Gasteiger partial charge in [0.05, 0.1) is 6.10 Å². The lowest BCUT2D eigenvalue weighted by Gasteiger charge is -2.16. The van der Waals surface area contributed by atoms with Gasteiger partial charge in [-0.2, -0.15) is 0 Å². The molecule has 0 fully saturated rings. The number of aliphatic hydroxyl groups excluding tert-OH is 1. The van der Waals surface area contributed by atoms with Gasteiger partial charge in [0, 0.05) is 11.6 Å². The first-order valence-electron chi connectivity index (χ1n) is 5.71. The molecular formula is C13H21NO2. The van der Waals surface area contributed by atoms with Crippen LogP contribution < -0.4 is 10.5 Å². The van der Waals surface area contributed by atoms with Crippen molar-refractivity contribution in [2.24, 2.45) is 5.73 Å². The molecule has 1 rings (SSSR count). The molecular weight excluding hydrogens is 202 g/mol. The maximum atomic E-state index is 9.45. The van der Waals surface area contributed by atoms with Crippen molar-refractivity contribution in [2.75, 3.05) is 6.61 Å². The monoisotopic (exact) mass is 223 g/mol. The minimum absolute atomic E-state index is 0.0614. The number of aryl methyl sites for hydroxylation is 1. The van der Waals surface area contributed by atoms with Crippen LogP contribution in [0.2, 0.25) is 0 Å². The van der Waals surface area contributed by atoms with Crippen LogP contribution in [0.25, 0.3) is 0 Å². The fourth-order valence-corrected chi connectivity index (χ4v) is 1.46. The van der Waals surface area contributed by atoms with Gasteiger partial charge in [-0.15, -0.1) is 0 Å². The zero-order valence-electron chi connectivity index (χ0n) is 10.2. The van der Waals surface area contributed by atoms with Crippen LogP contribution >= 0.6 is 0 Å². The summed E-state index contributed by atoms with van der Waals surface area (Å²) in [4.78, 5) is 0. The van der Waals surface area contributed by atoms with Crippen molar-refractivity contribution in [3.63, 3.8) is 0 Å². The zero-order chi connectivity index (χ0) is 12.1. The summed E-state index contributed by atoms with van der Waals surface area (Å²) in [6.07, 6.45) is 0.279. The van der Waals surface area contributed by atoms with Gasteiger partial charge in [0.15, 0.2) is 0 Å². The molecule has 0 radical (unpaired) electrons. The van der Waals surface area contributed by atoms with Gasteiger partial charge in [0.1, 0.15) is 12.4 Å². The Balaban J connectivity index is 2.78. The minimum atomic E-state index is -0.415. The Morgan fingerprint density at radius 3 is 2.69 bits per heavy atom. The Bertz CT molecular complexity index is 337. The molecule has 0 aliphatic heterocycles. The normalized spacial score (nSPS) is 14.6. The third-order valence-corrected chi connectivity index (χ3v) is 2.56. The summed E-state index contributed by atoms with van der Waals surface area (Å²) in [5.41, 5.74) is 8.03. The van der Waals surface area contributed by atoms with E-state index in [1.54, 1.807) is 0 Å². The number of ether oxygens (including phenoxy) is 1. The van der Waals surface area contributed by atoms with E-state index >= 15 is 0 Å². The summed E-state index contributed by atoms with van der Waals surface area (Å²) in [5, 5.41) is 9.45. The van der Waals surface area contributed by atoms with Crippen molar-refractivity contribution < 1.29 is 9.84 Å². The van der Waals surface area contributed by atoms with Gasteiger partial charge in [-0.25, -0.2) is 0 Å². The fourth-order valence-electron chi connectivity index (χ4n) is 1.46. The molecule has 0 aliphatic rings. The van der Waals surface area contributed by atoms with Gasteiger partial charge < -0.3 is 15.6 Å². The Labute approximate surface area is 97.2 Å². The molecule has 0 spiro atoms. The number of nitrogens with two attached hydrogens (primary N) is 1. The lowest BCUT2D eigenvalue weighted by atomic mass is 10.1. The van der Waals surface area contributed by atoms with Crippen LogP contribution in [-0.4, -0.2) is 17.8 Å². The van der Waals surface area contributed by atoms with Crippen molar-refractivity contribution in [1.82, 2.24) is 0 Å². The minimum Gasteiger partial charge on any atom is -0.491 e. The van der Waals surface area contributed by atoms with Crippen molar-refractivity contribution >= 4 is 0 Å². The van der Waals surface area contributed by atoms with E-state index < -0.39 is 6.10 Å². The first kappa shape index (κ1) is 13.0. The molecule has 90 valence electrons. The topological polar surface area (TPSA) is 55.5 Å². The average molecular weight is 223 g/mol. The van der Waals surface area contributed by atoms with E-state index in [1.807, 2.05) is 39.0 Å². The molecule has 2 atom stereocenters. The lowest BCUT2D eigenvalue weighted by molar-refractivity contribution is 0.103. The number of hydrogen-bond donors (Lipinski definition) is 2. The number of rotatable bonds is 5. The summed E-state index contributed by atoms with van der Waals surface area (Å²) in [6, 6.07) is 5.86. The van der Waals surface area contributed by atoms with Gasteiger partial charge >= 0.3 is 0 Å². The largest absolute Gasteiger partial charge is 0.491 e. The molecule has 0 saturated heterocycles. The fraction of sp³-hybridized carbons (Fsp3) is 0.538. The van der Waals surface area contributed by atoms with Crippen LogP contribution in [0.1, 0.15) is 37.4 Å². The predicted octanol–water partition coefficient (Wildman–Crippen LogP) is 2.16. The van der Waals surface area contributed by atoms with Crippen molar-refractivity contribution in [2.45, 2.75) is 39.3 Å². The maximum Gasteiger partial charge on any atom is 0.124 e. The molecule has 0 saturated carbocycles. The van der Waals surface area contributed by atoms with Crippen LogP contribution in [-0.2, 0) is 0 Å². The summed E-state index contributed by atoms with van der Waals surface area (Å²) in [5.74, 6) is 0.771. The molecule has 2 unspecified atom stereocenters. The molecule has 0 bridgehead atoms. The zero-order valence-corrected chi connectivity index (χ0v) is 10.2. The van der Waals surface area contributed by atoms with Crippen LogP contribution in [0.3, 0.4) is 0 Å². The Hall–Kier alpha value is -1.06. The van der Waals surface area contributed by atoms with Gasteiger partial charge in [-0.05, 0) is 26.3 Å². The van der Waals surface area contributed by atoms with Gasteiger partial charge in [-0.3, -0.25) is 0 Å². The van der Waals surface area contributed by atoms with E-state index in [0.29, 0.717) is 13.0 Å². The van der Waals surface area contributed by atoms with E-state index in [1.165, 1.54) is 0 Å². The summed E-state index contributed by atoms with van der Waals surface area (Å²) < 4.78 is 5.58. The smallest absolute Gasteiger partial charge is 0.124 e. The Morgan fingerprint density at radius 1 is 1.44 bits per heavy atom. The second-order valence-corrected chi connectivity index (χ2v) is 4.20. The molecule has 1 aromatic carbocycles. The third kappa shape index (κ3) is 3.51. The number of benzene rings is 1. The average Bonchev–Trinajstić information content (AvgIpc) is 2.26. The van der Waals surface area contributed by atoms with E-state index in [4.69, 9.17) is 10.5 Å². The van der Waals surface area contributed by atoms with E-state index in [-0.39, 0.29) is 6.04 Å². The summed E-state index contributed by atoms with van der Waals surface area (Å²) in [6.45, 7) is 6.20. The summed E-state index contributed by atoms with van der Waals surface area (Å²) in [7, 11) is 0. The molecule has 3 heteroatoms.